The molecule has 1 aromatic rings. The summed E-state index contributed by atoms with van der Waals surface area (Å²) in [5.41, 5.74) is 0.397. The van der Waals surface area contributed by atoms with E-state index in [1.807, 2.05) is 0 Å². The van der Waals surface area contributed by atoms with Crippen LogP contribution in [0.1, 0.15) is 10.4 Å². The van der Waals surface area contributed by atoms with Crippen molar-refractivity contribution in [2.75, 3.05) is 38.7 Å². The molecule has 0 unspecified atom stereocenters. The van der Waals surface area contributed by atoms with Crippen LogP contribution in [0, 0.1) is 0 Å². The van der Waals surface area contributed by atoms with Crippen LogP contribution in [0.3, 0.4) is 0 Å². The molecular weight excluding hydrogens is 302 g/mol. The molecule has 0 radical (unpaired) electrons. The van der Waals surface area contributed by atoms with E-state index in [2.05, 4.69) is 26.2 Å². The number of aromatic nitrogens is 1. The van der Waals surface area contributed by atoms with Crippen LogP contribution in [0.25, 0.3) is 0 Å². The predicted molar refractivity (Wildman–Crippen MR) is 71.6 cm³/mol. The van der Waals surface area contributed by atoms with Crippen molar-refractivity contribution in [2.45, 2.75) is 0 Å². The zero-order valence-corrected chi connectivity index (χ0v) is 11.6. The highest BCUT2D eigenvalue weighted by molar-refractivity contribution is 9.10. The standard InChI is InChI=1S/C11H16BrN3O3/c1-13-10-9(6-8(12)7-14-10)11(18)15(2-4-16)3-5-17/h6-7,16-17H,2-5H2,1H3,(H,13,14). The van der Waals surface area contributed by atoms with Crippen molar-refractivity contribution >= 4 is 27.7 Å². The Bertz CT molecular complexity index is 409. The summed E-state index contributed by atoms with van der Waals surface area (Å²) in [5, 5.41) is 20.7. The monoisotopic (exact) mass is 317 g/mol. The summed E-state index contributed by atoms with van der Waals surface area (Å²) in [6.45, 7) is 0.0498. The molecule has 1 amide bonds. The Balaban J connectivity index is 3.02. The number of carbonyl (C=O) groups excluding carboxylic acids is 1. The molecule has 0 fully saturated rings. The molecule has 0 aromatic carbocycles. The molecule has 0 saturated carbocycles. The van der Waals surface area contributed by atoms with Gasteiger partial charge >= 0.3 is 0 Å². The predicted octanol–water partition coefficient (Wildman–Crippen LogP) is 0.313. The number of carbonyl (C=O) groups is 1. The second kappa shape index (κ2) is 7.30. The van der Waals surface area contributed by atoms with E-state index in [0.717, 1.165) is 0 Å². The van der Waals surface area contributed by atoms with Gasteiger partial charge in [-0.25, -0.2) is 4.98 Å². The number of amides is 1. The SMILES string of the molecule is CNc1ncc(Br)cc1C(=O)N(CCO)CCO. The maximum atomic E-state index is 12.3. The Morgan fingerprint density at radius 2 is 2.06 bits per heavy atom. The van der Waals surface area contributed by atoms with Crippen LogP contribution < -0.4 is 5.32 Å². The third kappa shape index (κ3) is 3.66. The van der Waals surface area contributed by atoms with Gasteiger partial charge in [-0.3, -0.25) is 4.79 Å². The largest absolute Gasteiger partial charge is 0.395 e. The van der Waals surface area contributed by atoms with Crippen molar-refractivity contribution < 1.29 is 15.0 Å². The lowest BCUT2D eigenvalue weighted by molar-refractivity contribution is 0.0685. The van der Waals surface area contributed by atoms with Gasteiger partial charge in [-0.05, 0) is 22.0 Å². The van der Waals surface area contributed by atoms with E-state index in [1.165, 1.54) is 4.90 Å². The Morgan fingerprint density at radius 1 is 1.44 bits per heavy atom. The van der Waals surface area contributed by atoms with E-state index in [0.29, 0.717) is 15.9 Å². The molecule has 0 atom stereocenters. The third-order valence-corrected chi connectivity index (χ3v) is 2.78. The van der Waals surface area contributed by atoms with E-state index in [1.54, 1.807) is 19.3 Å². The molecule has 1 rings (SSSR count). The fourth-order valence-electron chi connectivity index (χ4n) is 1.53. The Morgan fingerprint density at radius 3 is 2.56 bits per heavy atom. The fraction of sp³-hybridized carbons (Fsp3) is 0.455. The van der Waals surface area contributed by atoms with Gasteiger partial charge in [0.25, 0.3) is 5.91 Å². The average molecular weight is 318 g/mol. The lowest BCUT2D eigenvalue weighted by Gasteiger charge is -2.21. The first-order valence-corrected chi connectivity index (χ1v) is 6.27. The van der Waals surface area contributed by atoms with E-state index >= 15 is 0 Å². The molecule has 18 heavy (non-hydrogen) atoms. The van der Waals surface area contributed by atoms with Gasteiger partial charge in [0, 0.05) is 30.8 Å². The average Bonchev–Trinajstić information content (AvgIpc) is 2.37. The summed E-state index contributed by atoms with van der Waals surface area (Å²) < 4.78 is 0.692. The van der Waals surface area contributed by atoms with Crippen LogP contribution >= 0.6 is 15.9 Å². The maximum absolute atomic E-state index is 12.3. The Labute approximate surface area is 114 Å². The first-order valence-electron chi connectivity index (χ1n) is 5.48. The topological polar surface area (TPSA) is 85.7 Å². The number of aliphatic hydroxyl groups is 2. The van der Waals surface area contributed by atoms with Crippen LogP contribution in [-0.2, 0) is 0 Å². The number of aliphatic hydroxyl groups excluding tert-OH is 2. The minimum absolute atomic E-state index is 0.151. The molecule has 0 bridgehead atoms. The minimum atomic E-state index is -0.281. The van der Waals surface area contributed by atoms with Gasteiger partial charge < -0.3 is 20.4 Å². The van der Waals surface area contributed by atoms with Crippen molar-refractivity contribution in [3.05, 3.63) is 22.3 Å². The molecule has 3 N–H and O–H groups in total. The molecule has 0 aliphatic carbocycles. The van der Waals surface area contributed by atoms with Gasteiger partial charge in [-0.1, -0.05) is 0 Å². The zero-order chi connectivity index (χ0) is 13.5. The molecule has 100 valence electrons. The third-order valence-electron chi connectivity index (χ3n) is 2.35. The summed E-state index contributed by atoms with van der Waals surface area (Å²) in [6.07, 6.45) is 1.59. The normalized spacial score (nSPS) is 10.2. The summed E-state index contributed by atoms with van der Waals surface area (Å²) in [7, 11) is 1.68. The molecule has 6 nitrogen and oxygen atoms in total. The van der Waals surface area contributed by atoms with E-state index < -0.39 is 0 Å². The van der Waals surface area contributed by atoms with Crippen molar-refractivity contribution in [1.29, 1.82) is 0 Å². The highest BCUT2D eigenvalue weighted by Crippen LogP contribution is 2.19. The molecule has 7 heteroatoms. The summed E-state index contributed by atoms with van der Waals surface area (Å²) in [6, 6.07) is 1.66. The highest BCUT2D eigenvalue weighted by Gasteiger charge is 2.19. The lowest BCUT2D eigenvalue weighted by Crippen LogP contribution is -2.36. The van der Waals surface area contributed by atoms with Gasteiger partial charge in [-0.15, -0.1) is 0 Å². The van der Waals surface area contributed by atoms with Crippen LogP contribution in [0.5, 0.6) is 0 Å². The van der Waals surface area contributed by atoms with Crippen LogP contribution in [-0.4, -0.2) is 59.4 Å². The lowest BCUT2D eigenvalue weighted by atomic mass is 10.2. The van der Waals surface area contributed by atoms with Gasteiger partial charge in [0.1, 0.15) is 5.82 Å². The van der Waals surface area contributed by atoms with Gasteiger partial charge in [0.05, 0.1) is 18.8 Å². The molecule has 0 saturated heterocycles. The second-order valence-corrected chi connectivity index (χ2v) is 4.45. The molecule has 0 aliphatic rings. The first kappa shape index (κ1) is 14.9. The summed E-state index contributed by atoms with van der Waals surface area (Å²) >= 11 is 3.26. The van der Waals surface area contributed by atoms with Gasteiger partial charge in [0.15, 0.2) is 0 Å². The number of pyridine rings is 1. The Kier molecular flexibility index (Phi) is 6.03. The van der Waals surface area contributed by atoms with Crippen LogP contribution in [0.4, 0.5) is 5.82 Å². The smallest absolute Gasteiger partial charge is 0.257 e. The van der Waals surface area contributed by atoms with Crippen molar-refractivity contribution in [1.82, 2.24) is 9.88 Å². The highest BCUT2D eigenvalue weighted by atomic mass is 79.9. The number of nitrogens with zero attached hydrogens (tertiary/aromatic N) is 2. The summed E-state index contributed by atoms with van der Waals surface area (Å²) in [5.74, 6) is 0.181. The minimum Gasteiger partial charge on any atom is -0.395 e. The molecule has 0 aliphatic heterocycles. The molecule has 0 spiro atoms. The van der Waals surface area contributed by atoms with E-state index in [9.17, 15) is 4.79 Å². The number of nitrogens with one attached hydrogen (secondary N) is 1. The second-order valence-electron chi connectivity index (χ2n) is 3.54. The molecule has 1 aromatic heterocycles. The summed E-state index contributed by atoms with van der Waals surface area (Å²) in [4.78, 5) is 17.7. The fourth-order valence-corrected chi connectivity index (χ4v) is 1.86. The van der Waals surface area contributed by atoms with Crippen LogP contribution in [0.2, 0.25) is 0 Å². The molecular formula is C11H16BrN3O3. The number of halogens is 1. The van der Waals surface area contributed by atoms with Gasteiger partial charge in [-0.2, -0.15) is 0 Å². The van der Waals surface area contributed by atoms with Crippen molar-refractivity contribution in [3.63, 3.8) is 0 Å². The zero-order valence-electron chi connectivity index (χ0n) is 10.1. The number of hydrogen-bond donors (Lipinski definition) is 3. The van der Waals surface area contributed by atoms with Crippen molar-refractivity contribution in [3.8, 4) is 0 Å². The number of rotatable bonds is 6. The van der Waals surface area contributed by atoms with E-state index in [-0.39, 0.29) is 32.2 Å². The number of anilines is 1. The van der Waals surface area contributed by atoms with Crippen LogP contribution in [0.15, 0.2) is 16.7 Å². The van der Waals surface area contributed by atoms with Gasteiger partial charge in [0.2, 0.25) is 0 Å². The van der Waals surface area contributed by atoms with Crippen molar-refractivity contribution in [2.24, 2.45) is 0 Å². The Hall–Kier alpha value is -1.18. The first-order chi connectivity index (χ1) is 8.63. The maximum Gasteiger partial charge on any atom is 0.257 e. The number of hydrogen-bond acceptors (Lipinski definition) is 5. The quantitative estimate of drug-likeness (QED) is 0.703. The molecule has 1 heterocycles. The van der Waals surface area contributed by atoms with E-state index in [4.69, 9.17) is 10.2 Å².